The van der Waals surface area contributed by atoms with Crippen molar-refractivity contribution >= 4 is 17.6 Å². The molecule has 0 saturated carbocycles. The SMILES string of the molecule is Cn1cc([C@H]2OCC[C@@H]2C(=O)Nc2cccc(CCC(=O)O)c2)cn1. The first kappa shape index (κ1) is 17.2. The Balaban J connectivity index is 1.67. The largest absolute Gasteiger partial charge is 0.481 e. The Bertz CT molecular complexity index is 771. The van der Waals surface area contributed by atoms with E-state index < -0.39 is 5.97 Å². The van der Waals surface area contributed by atoms with E-state index in [4.69, 9.17) is 9.84 Å². The second-order valence-electron chi connectivity index (χ2n) is 6.22. The number of nitrogens with one attached hydrogen (secondary N) is 1. The van der Waals surface area contributed by atoms with Crippen molar-refractivity contribution in [1.82, 2.24) is 9.78 Å². The smallest absolute Gasteiger partial charge is 0.303 e. The monoisotopic (exact) mass is 343 g/mol. The van der Waals surface area contributed by atoms with Crippen LogP contribution in [0.2, 0.25) is 0 Å². The molecule has 0 radical (unpaired) electrons. The molecular formula is C18H21N3O4. The third-order valence-corrected chi connectivity index (χ3v) is 4.30. The van der Waals surface area contributed by atoms with Crippen molar-refractivity contribution in [2.75, 3.05) is 11.9 Å². The highest BCUT2D eigenvalue weighted by atomic mass is 16.5. The van der Waals surface area contributed by atoms with E-state index in [2.05, 4.69) is 10.4 Å². The summed E-state index contributed by atoms with van der Waals surface area (Å²) < 4.78 is 7.43. The standard InChI is InChI=1S/C18H21N3O4/c1-21-11-13(10-19-21)17-15(7-8-25-17)18(24)20-14-4-2-3-12(9-14)5-6-16(22)23/h2-4,9-11,15,17H,5-8H2,1H3,(H,20,24)(H,22,23)/t15-,17+/m0/s1. The highest BCUT2D eigenvalue weighted by molar-refractivity contribution is 5.93. The fourth-order valence-corrected chi connectivity index (χ4v) is 3.06. The van der Waals surface area contributed by atoms with Gasteiger partial charge in [0.1, 0.15) is 0 Å². The molecule has 25 heavy (non-hydrogen) atoms. The average Bonchev–Trinajstić information content (AvgIpc) is 3.21. The van der Waals surface area contributed by atoms with Crippen LogP contribution in [-0.2, 0) is 27.8 Å². The first-order chi connectivity index (χ1) is 12.0. The van der Waals surface area contributed by atoms with Crippen molar-refractivity contribution in [3.63, 3.8) is 0 Å². The Morgan fingerprint density at radius 3 is 3.00 bits per heavy atom. The summed E-state index contributed by atoms with van der Waals surface area (Å²) in [6, 6.07) is 7.29. The number of aromatic nitrogens is 2. The molecule has 0 aliphatic carbocycles. The summed E-state index contributed by atoms with van der Waals surface area (Å²) in [6.07, 6.45) is 4.46. The molecule has 2 aromatic rings. The predicted molar refractivity (Wildman–Crippen MR) is 91.0 cm³/mol. The fourth-order valence-electron chi connectivity index (χ4n) is 3.06. The number of nitrogens with zero attached hydrogens (tertiary/aromatic N) is 2. The van der Waals surface area contributed by atoms with Gasteiger partial charge >= 0.3 is 5.97 Å². The third kappa shape index (κ3) is 4.24. The molecular weight excluding hydrogens is 322 g/mol. The van der Waals surface area contributed by atoms with Crippen molar-refractivity contribution in [1.29, 1.82) is 0 Å². The van der Waals surface area contributed by atoms with E-state index in [0.29, 0.717) is 25.1 Å². The van der Waals surface area contributed by atoms with Gasteiger partial charge in [-0.25, -0.2) is 0 Å². The summed E-state index contributed by atoms with van der Waals surface area (Å²) in [5.74, 6) is -1.20. The summed E-state index contributed by atoms with van der Waals surface area (Å²) in [4.78, 5) is 23.4. The summed E-state index contributed by atoms with van der Waals surface area (Å²) in [5, 5.41) is 15.8. The summed E-state index contributed by atoms with van der Waals surface area (Å²) in [6.45, 7) is 0.538. The normalized spacial score (nSPS) is 19.7. The lowest BCUT2D eigenvalue weighted by Gasteiger charge is -2.17. The van der Waals surface area contributed by atoms with Crippen molar-refractivity contribution in [3.8, 4) is 0 Å². The number of hydrogen-bond acceptors (Lipinski definition) is 4. The van der Waals surface area contributed by atoms with E-state index in [0.717, 1.165) is 11.1 Å². The summed E-state index contributed by atoms with van der Waals surface area (Å²) in [5.41, 5.74) is 2.45. The Morgan fingerprint density at radius 2 is 2.28 bits per heavy atom. The van der Waals surface area contributed by atoms with Gasteiger partial charge in [-0.1, -0.05) is 12.1 Å². The number of benzene rings is 1. The Hall–Kier alpha value is -2.67. The molecule has 1 aromatic heterocycles. The molecule has 2 heterocycles. The van der Waals surface area contributed by atoms with Gasteiger partial charge in [0.2, 0.25) is 5.91 Å². The van der Waals surface area contributed by atoms with E-state index >= 15 is 0 Å². The molecule has 0 bridgehead atoms. The number of carbonyl (C=O) groups excluding carboxylic acids is 1. The molecule has 2 N–H and O–H groups in total. The molecule has 1 amide bonds. The third-order valence-electron chi connectivity index (χ3n) is 4.30. The van der Waals surface area contributed by atoms with Gasteiger partial charge in [-0.3, -0.25) is 14.3 Å². The van der Waals surface area contributed by atoms with Crippen LogP contribution in [0.5, 0.6) is 0 Å². The van der Waals surface area contributed by atoms with E-state index in [1.54, 1.807) is 16.9 Å². The molecule has 0 spiro atoms. The number of anilines is 1. The zero-order valence-corrected chi connectivity index (χ0v) is 14.0. The predicted octanol–water partition coefficient (Wildman–Crippen LogP) is 2.15. The van der Waals surface area contributed by atoms with Gasteiger partial charge in [0, 0.05) is 37.5 Å². The maximum atomic E-state index is 12.7. The zero-order valence-electron chi connectivity index (χ0n) is 14.0. The Labute approximate surface area is 145 Å². The molecule has 1 saturated heterocycles. The highest BCUT2D eigenvalue weighted by Crippen LogP contribution is 2.35. The molecule has 1 aromatic carbocycles. The van der Waals surface area contributed by atoms with Crippen LogP contribution in [0.15, 0.2) is 36.7 Å². The van der Waals surface area contributed by atoms with E-state index in [1.807, 2.05) is 31.4 Å². The number of carboxylic acid groups (broad SMARTS) is 1. The molecule has 0 unspecified atom stereocenters. The minimum atomic E-state index is -0.836. The number of hydrogen-bond donors (Lipinski definition) is 2. The Kier molecular flexibility index (Phi) is 5.14. The summed E-state index contributed by atoms with van der Waals surface area (Å²) >= 11 is 0. The minimum Gasteiger partial charge on any atom is -0.481 e. The first-order valence-electron chi connectivity index (χ1n) is 8.24. The number of aliphatic carboxylic acids is 1. The van der Waals surface area contributed by atoms with Crippen molar-refractivity contribution < 1.29 is 19.4 Å². The van der Waals surface area contributed by atoms with Gasteiger partial charge in [0.05, 0.1) is 18.2 Å². The molecule has 1 aliphatic rings. The van der Waals surface area contributed by atoms with E-state index in [1.165, 1.54) is 0 Å². The topological polar surface area (TPSA) is 93.5 Å². The highest BCUT2D eigenvalue weighted by Gasteiger charge is 2.36. The Morgan fingerprint density at radius 1 is 1.44 bits per heavy atom. The molecule has 3 rings (SSSR count). The molecule has 7 nitrogen and oxygen atoms in total. The number of amides is 1. The van der Waals surface area contributed by atoms with Crippen LogP contribution in [0.4, 0.5) is 5.69 Å². The van der Waals surface area contributed by atoms with Crippen LogP contribution < -0.4 is 5.32 Å². The van der Waals surface area contributed by atoms with Gasteiger partial charge in [0.25, 0.3) is 0 Å². The van der Waals surface area contributed by atoms with Gasteiger partial charge < -0.3 is 15.2 Å². The van der Waals surface area contributed by atoms with Crippen LogP contribution in [0.25, 0.3) is 0 Å². The van der Waals surface area contributed by atoms with E-state index in [9.17, 15) is 9.59 Å². The number of carboxylic acids is 1. The first-order valence-corrected chi connectivity index (χ1v) is 8.24. The second-order valence-corrected chi connectivity index (χ2v) is 6.22. The summed E-state index contributed by atoms with van der Waals surface area (Å²) in [7, 11) is 1.83. The molecule has 132 valence electrons. The van der Waals surface area contributed by atoms with Gasteiger partial charge in [0.15, 0.2) is 0 Å². The van der Waals surface area contributed by atoms with Crippen LogP contribution in [0.3, 0.4) is 0 Å². The molecule has 1 aliphatic heterocycles. The van der Waals surface area contributed by atoms with Crippen molar-refractivity contribution in [3.05, 3.63) is 47.8 Å². The van der Waals surface area contributed by atoms with Crippen LogP contribution in [-0.4, -0.2) is 33.4 Å². The maximum Gasteiger partial charge on any atom is 0.303 e. The average molecular weight is 343 g/mol. The lowest BCUT2D eigenvalue weighted by molar-refractivity contribution is -0.137. The second kappa shape index (κ2) is 7.48. The maximum absolute atomic E-state index is 12.7. The van der Waals surface area contributed by atoms with E-state index in [-0.39, 0.29) is 24.3 Å². The lowest BCUT2D eigenvalue weighted by Crippen LogP contribution is -2.25. The van der Waals surface area contributed by atoms with Crippen LogP contribution >= 0.6 is 0 Å². The number of carbonyl (C=O) groups is 2. The number of rotatable bonds is 6. The number of ether oxygens (including phenoxy) is 1. The van der Waals surface area contributed by atoms with Crippen molar-refractivity contribution in [2.24, 2.45) is 13.0 Å². The van der Waals surface area contributed by atoms with Crippen molar-refractivity contribution in [2.45, 2.75) is 25.4 Å². The minimum absolute atomic E-state index is 0.0664. The zero-order chi connectivity index (χ0) is 17.8. The van der Waals surface area contributed by atoms with Gasteiger partial charge in [-0.15, -0.1) is 0 Å². The molecule has 2 atom stereocenters. The van der Waals surface area contributed by atoms with Gasteiger partial charge in [-0.05, 0) is 30.5 Å². The molecule has 7 heteroatoms. The quantitative estimate of drug-likeness (QED) is 0.838. The lowest BCUT2D eigenvalue weighted by atomic mass is 9.96. The fraction of sp³-hybridized carbons (Fsp3) is 0.389. The number of aryl methyl sites for hydroxylation is 2. The molecule has 1 fully saturated rings. The van der Waals surface area contributed by atoms with Crippen LogP contribution in [0.1, 0.15) is 30.1 Å². The van der Waals surface area contributed by atoms with Gasteiger partial charge in [-0.2, -0.15) is 5.10 Å². The van der Waals surface area contributed by atoms with Crippen LogP contribution in [0, 0.1) is 5.92 Å².